The Kier molecular flexibility index (Phi) is 4.43. The van der Waals surface area contributed by atoms with Crippen molar-refractivity contribution >= 4 is 11.4 Å². The molecule has 0 unspecified atom stereocenters. The highest BCUT2D eigenvalue weighted by molar-refractivity contribution is 5.94. The predicted octanol–water partition coefficient (Wildman–Crippen LogP) is 8.85. The van der Waals surface area contributed by atoms with Crippen molar-refractivity contribution in [1.82, 2.24) is 0 Å². The second kappa shape index (κ2) is 7.09. The first-order valence-corrected chi connectivity index (χ1v) is 12.5. The molecule has 0 fully saturated rings. The first-order valence-electron chi connectivity index (χ1n) is 12.5. The van der Waals surface area contributed by atoms with Gasteiger partial charge in [-0.2, -0.15) is 0 Å². The van der Waals surface area contributed by atoms with E-state index < -0.39 is 0 Å². The van der Waals surface area contributed by atoms with Crippen molar-refractivity contribution < 1.29 is 0 Å². The summed E-state index contributed by atoms with van der Waals surface area (Å²) in [5, 5.41) is 0. The van der Waals surface area contributed by atoms with Crippen molar-refractivity contribution in [2.45, 2.75) is 58.4 Å². The van der Waals surface area contributed by atoms with Crippen LogP contribution in [0, 0.1) is 0 Å². The second-order valence-electron chi connectivity index (χ2n) is 11.2. The van der Waals surface area contributed by atoms with E-state index in [0.29, 0.717) is 6.04 Å². The van der Waals surface area contributed by atoms with Gasteiger partial charge in [-0.25, -0.2) is 0 Å². The normalized spacial score (nSPS) is 16.1. The molecule has 0 saturated heterocycles. The van der Waals surface area contributed by atoms with E-state index in [9.17, 15) is 0 Å². The van der Waals surface area contributed by atoms with Gasteiger partial charge in [-0.3, -0.25) is 0 Å². The fraction of sp³-hybridized carbons (Fsp3) is 0.273. The molecule has 4 aromatic rings. The van der Waals surface area contributed by atoms with E-state index in [1.807, 2.05) is 0 Å². The number of anilines is 2. The molecule has 6 rings (SSSR count). The summed E-state index contributed by atoms with van der Waals surface area (Å²) >= 11 is 0. The Morgan fingerprint density at radius 1 is 0.529 bits per heavy atom. The van der Waals surface area contributed by atoms with Crippen LogP contribution in [0.3, 0.4) is 0 Å². The van der Waals surface area contributed by atoms with Gasteiger partial charge >= 0.3 is 0 Å². The summed E-state index contributed by atoms with van der Waals surface area (Å²) < 4.78 is 0. The Morgan fingerprint density at radius 2 is 1.09 bits per heavy atom. The van der Waals surface area contributed by atoms with E-state index in [-0.39, 0.29) is 10.8 Å². The van der Waals surface area contributed by atoms with Crippen molar-refractivity contribution in [3.8, 4) is 22.3 Å². The number of hydrogen-bond donors (Lipinski definition) is 0. The van der Waals surface area contributed by atoms with Crippen LogP contribution in [0.15, 0.2) is 84.9 Å². The van der Waals surface area contributed by atoms with Crippen molar-refractivity contribution in [3.05, 3.63) is 107 Å². The van der Waals surface area contributed by atoms with Gasteiger partial charge < -0.3 is 4.90 Å². The smallest absolute Gasteiger partial charge is 0.0460 e. The molecule has 4 aromatic carbocycles. The summed E-state index contributed by atoms with van der Waals surface area (Å²) in [4.78, 5) is 2.51. The minimum Gasteiger partial charge on any atom is -0.339 e. The zero-order valence-electron chi connectivity index (χ0n) is 21.1. The van der Waals surface area contributed by atoms with E-state index in [2.05, 4.69) is 131 Å². The van der Waals surface area contributed by atoms with Crippen LogP contribution in [0.2, 0.25) is 0 Å². The van der Waals surface area contributed by atoms with E-state index in [1.165, 1.54) is 55.9 Å². The molecule has 0 aliphatic heterocycles. The fourth-order valence-corrected chi connectivity index (χ4v) is 6.80. The lowest BCUT2D eigenvalue weighted by Gasteiger charge is -2.36. The third kappa shape index (κ3) is 2.67. The van der Waals surface area contributed by atoms with E-state index in [4.69, 9.17) is 0 Å². The van der Waals surface area contributed by atoms with Crippen LogP contribution in [0.4, 0.5) is 11.4 Å². The second-order valence-corrected chi connectivity index (χ2v) is 11.2. The number of fused-ring (bicyclic) bond motifs is 7. The summed E-state index contributed by atoms with van der Waals surface area (Å²) in [5.41, 5.74) is 13.9. The Bertz CT molecular complexity index is 1420. The lowest BCUT2D eigenvalue weighted by Crippen LogP contribution is -2.30. The van der Waals surface area contributed by atoms with Gasteiger partial charge in [0.2, 0.25) is 0 Å². The molecule has 0 amide bonds. The summed E-state index contributed by atoms with van der Waals surface area (Å²) in [6.07, 6.45) is 0. The quantitative estimate of drug-likeness (QED) is 0.306. The van der Waals surface area contributed by atoms with E-state index in [1.54, 1.807) is 0 Å². The van der Waals surface area contributed by atoms with Crippen LogP contribution in [0.1, 0.15) is 63.8 Å². The van der Waals surface area contributed by atoms with Crippen molar-refractivity contribution in [3.63, 3.8) is 0 Å². The molecule has 0 heterocycles. The zero-order valence-corrected chi connectivity index (χ0v) is 21.1. The summed E-state index contributed by atoms with van der Waals surface area (Å²) in [6.45, 7) is 14.3. The molecule has 0 spiro atoms. The molecule has 0 atom stereocenters. The van der Waals surface area contributed by atoms with Gasteiger partial charge in [0.25, 0.3) is 0 Å². The summed E-state index contributed by atoms with van der Waals surface area (Å²) in [6, 6.07) is 31.8. The van der Waals surface area contributed by atoms with Crippen LogP contribution in [-0.2, 0) is 10.8 Å². The molecule has 1 nitrogen and oxygen atoms in total. The van der Waals surface area contributed by atoms with E-state index >= 15 is 0 Å². The Balaban J connectivity index is 1.63. The first kappa shape index (κ1) is 21.2. The number of rotatable bonds is 3. The fourth-order valence-electron chi connectivity index (χ4n) is 6.80. The average molecular weight is 444 g/mol. The van der Waals surface area contributed by atoms with E-state index in [0.717, 1.165) is 0 Å². The zero-order chi connectivity index (χ0) is 23.8. The topological polar surface area (TPSA) is 3.24 Å². The third-order valence-corrected chi connectivity index (χ3v) is 8.11. The lowest BCUT2D eigenvalue weighted by atomic mass is 9.72. The van der Waals surface area contributed by atoms with Crippen LogP contribution < -0.4 is 4.90 Å². The molecule has 1 heteroatoms. The maximum atomic E-state index is 2.51. The minimum absolute atomic E-state index is 0.0199. The maximum absolute atomic E-state index is 2.51. The largest absolute Gasteiger partial charge is 0.339 e. The molecule has 2 aliphatic rings. The number of benzene rings is 4. The maximum Gasteiger partial charge on any atom is 0.0460 e. The molecular weight excluding hydrogens is 410 g/mol. The highest BCUT2D eigenvalue weighted by Gasteiger charge is 2.46. The number of para-hydroxylation sites is 1. The number of nitrogens with zero attached hydrogens (tertiary/aromatic N) is 1. The summed E-state index contributed by atoms with van der Waals surface area (Å²) in [7, 11) is 0. The lowest BCUT2D eigenvalue weighted by molar-refractivity contribution is 0.599. The third-order valence-electron chi connectivity index (χ3n) is 8.11. The predicted molar refractivity (Wildman–Crippen MR) is 145 cm³/mol. The molecule has 0 aromatic heterocycles. The SMILES string of the molecule is CC(C)N(c1ccccc1)c1cccc2c1C(C)(C)c1c-2ccc2c1C(C)(C)c1ccccc1-2. The van der Waals surface area contributed by atoms with Crippen LogP contribution in [0.5, 0.6) is 0 Å². The van der Waals surface area contributed by atoms with Gasteiger partial charge in [0.05, 0.1) is 0 Å². The van der Waals surface area contributed by atoms with Gasteiger partial charge in [-0.15, -0.1) is 0 Å². The van der Waals surface area contributed by atoms with Gasteiger partial charge in [-0.05, 0) is 76.6 Å². The molecule has 0 N–H and O–H groups in total. The number of hydrogen-bond acceptors (Lipinski definition) is 1. The standard InChI is InChI=1S/C33H33N/c1-21(2)34(22-13-8-7-9-14-22)28-18-12-16-24-26-20-19-25-23-15-10-11-17-27(23)32(3,4)30(25)31(26)33(5,6)29(24)28/h7-21H,1-6H3. The van der Waals surface area contributed by atoms with Crippen molar-refractivity contribution in [2.75, 3.05) is 4.90 Å². The molecule has 0 saturated carbocycles. The minimum atomic E-state index is -0.103. The highest BCUT2D eigenvalue weighted by Crippen LogP contribution is 2.60. The van der Waals surface area contributed by atoms with Gasteiger partial charge in [-0.1, -0.05) is 94.4 Å². The van der Waals surface area contributed by atoms with Crippen LogP contribution in [-0.4, -0.2) is 6.04 Å². The Hall–Kier alpha value is -3.32. The van der Waals surface area contributed by atoms with Gasteiger partial charge in [0.1, 0.15) is 0 Å². The van der Waals surface area contributed by atoms with Crippen molar-refractivity contribution in [2.24, 2.45) is 0 Å². The van der Waals surface area contributed by atoms with Crippen molar-refractivity contribution in [1.29, 1.82) is 0 Å². The molecule has 34 heavy (non-hydrogen) atoms. The first-order chi connectivity index (χ1) is 16.2. The summed E-state index contributed by atoms with van der Waals surface area (Å²) in [5.74, 6) is 0. The van der Waals surface area contributed by atoms with Gasteiger partial charge in [0.15, 0.2) is 0 Å². The Morgan fingerprint density at radius 3 is 1.79 bits per heavy atom. The molecule has 0 radical (unpaired) electrons. The highest BCUT2D eigenvalue weighted by atomic mass is 15.2. The van der Waals surface area contributed by atoms with Crippen LogP contribution in [0.25, 0.3) is 22.3 Å². The monoisotopic (exact) mass is 443 g/mol. The molecule has 170 valence electrons. The molecule has 0 bridgehead atoms. The average Bonchev–Trinajstić information content (AvgIpc) is 3.20. The molecule has 2 aliphatic carbocycles. The Labute approximate surface area is 204 Å². The van der Waals surface area contributed by atoms with Crippen LogP contribution >= 0.6 is 0 Å². The van der Waals surface area contributed by atoms with Gasteiger partial charge in [0, 0.05) is 28.2 Å². The molecular formula is C33H33N.